The van der Waals surface area contributed by atoms with Crippen LogP contribution in [0.4, 0.5) is 24.5 Å². The van der Waals surface area contributed by atoms with Crippen molar-refractivity contribution in [3.63, 3.8) is 0 Å². The van der Waals surface area contributed by atoms with E-state index in [2.05, 4.69) is 10.2 Å². The highest BCUT2D eigenvalue weighted by molar-refractivity contribution is 5.64. The van der Waals surface area contributed by atoms with Gasteiger partial charge in [-0.15, -0.1) is 10.2 Å². The molecule has 118 valence electrons. The molecule has 23 heavy (non-hydrogen) atoms. The van der Waals surface area contributed by atoms with Gasteiger partial charge in [0, 0.05) is 22.5 Å². The molecule has 0 fully saturated rings. The number of nitrogen functional groups attached to an aromatic ring is 2. The zero-order valence-electron chi connectivity index (χ0n) is 11.6. The zero-order chi connectivity index (χ0) is 16.6. The minimum Gasteiger partial charge on any atom is -0.416 e. The van der Waals surface area contributed by atoms with Crippen molar-refractivity contribution in [1.82, 2.24) is 10.2 Å². The third-order valence-corrected chi connectivity index (χ3v) is 3.19. The summed E-state index contributed by atoms with van der Waals surface area (Å²) < 4.78 is 44.1. The summed E-state index contributed by atoms with van der Waals surface area (Å²) in [6.07, 6.45) is -4.56. The van der Waals surface area contributed by atoms with Crippen molar-refractivity contribution in [1.29, 1.82) is 0 Å². The fraction of sp³-hybridized carbons (Fsp3) is 0.0667. The molecule has 8 heteroatoms. The highest BCUT2D eigenvalue weighted by Crippen LogP contribution is 2.36. The van der Waals surface area contributed by atoms with E-state index in [1.165, 1.54) is 6.07 Å². The highest BCUT2D eigenvalue weighted by atomic mass is 19.4. The van der Waals surface area contributed by atoms with E-state index in [1.807, 2.05) is 0 Å². The first-order chi connectivity index (χ1) is 10.8. The second kappa shape index (κ2) is 5.31. The number of halogens is 3. The molecule has 4 N–H and O–H groups in total. The van der Waals surface area contributed by atoms with Crippen molar-refractivity contribution in [3.05, 3.63) is 48.0 Å². The maximum Gasteiger partial charge on any atom is 0.418 e. The Morgan fingerprint density at radius 3 is 2.00 bits per heavy atom. The average molecular weight is 320 g/mol. The van der Waals surface area contributed by atoms with E-state index in [-0.39, 0.29) is 23.0 Å². The van der Waals surface area contributed by atoms with Crippen LogP contribution in [0.2, 0.25) is 0 Å². The third-order valence-electron chi connectivity index (χ3n) is 3.19. The molecule has 5 nitrogen and oxygen atoms in total. The fourth-order valence-corrected chi connectivity index (χ4v) is 2.02. The molecule has 1 aromatic heterocycles. The van der Waals surface area contributed by atoms with Crippen LogP contribution in [0.3, 0.4) is 0 Å². The first kappa shape index (κ1) is 14.9. The molecule has 0 atom stereocenters. The van der Waals surface area contributed by atoms with Gasteiger partial charge in [0.05, 0.1) is 5.56 Å². The molecule has 0 saturated heterocycles. The lowest BCUT2D eigenvalue weighted by atomic mass is 10.1. The van der Waals surface area contributed by atoms with Gasteiger partial charge in [-0.25, -0.2) is 0 Å². The van der Waals surface area contributed by atoms with Gasteiger partial charge in [0.15, 0.2) is 0 Å². The summed E-state index contributed by atoms with van der Waals surface area (Å²) in [6.45, 7) is 0. The monoisotopic (exact) mass is 320 g/mol. The number of anilines is 2. The molecular formula is C15H11F3N4O. The van der Waals surface area contributed by atoms with Gasteiger partial charge in [0.1, 0.15) is 0 Å². The fourth-order valence-electron chi connectivity index (χ4n) is 2.02. The predicted molar refractivity (Wildman–Crippen MR) is 79.0 cm³/mol. The van der Waals surface area contributed by atoms with Crippen LogP contribution < -0.4 is 11.5 Å². The lowest BCUT2D eigenvalue weighted by Crippen LogP contribution is -2.08. The van der Waals surface area contributed by atoms with Crippen LogP contribution in [0, 0.1) is 0 Å². The van der Waals surface area contributed by atoms with Gasteiger partial charge < -0.3 is 15.9 Å². The molecule has 0 aliphatic carbocycles. The van der Waals surface area contributed by atoms with Crippen molar-refractivity contribution < 1.29 is 17.6 Å². The van der Waals surface area contributed by atoms with E-state index >= 15 is 0 Å². The highest BCUT2D eigenvalue weighted by Gasteiger charge is 2.33. The van der Waals surface area contributed by atoms with E-state index in [0.717, 1.165) is 12.1 Å². The van der Waals surface area contributed by atoms with Crippen LogP contribution in [-0.4, -0.2) is 10.2 Å². The van der Waals surface area contributed by atoms with Crippen molar-refractivity contribution in [2.24, 2.45) is 0 Å². The molecule has 3 rings (SSSR count). The Balaban J connectivity index is 1.99. The predicted octanol–water partition coefficient (Wildman–Crippen LogP) is 3.59. The summed E-state index contributed by atoms with van der Waals surface area (Å²) in [4.78, 5) is 0. The lowest BCUT2D eigenvalue weighted by Gasteiger charge is -2.10. The van der Waals surface area contributed by atoms with Crippen LogP contribution in [0.5, 0.6) is 0 Å². The summed E-state index contributed by atoms with van der Waals surface area (Å²) in [5.74, 6) is 0.160. The molecule has 3 aromatic rings. The second-order valence-corrected chi connectivity index (χ2v) is 4.83. The van der Waals surface area contributed by atoms with Gasteiger partial charge in [0.25, 0.3) is 0 Å². The third kappa shape index (κ3) is 2.96. The molecule has 2 aromatic carbocycles. The minimum atomic E-state index is -4.56. The van der Waals surface area contributed by atoms with Gasteiger partial charge >= 0.3 is 6.18 Å². The summed E-state index contributed by atoms with van der Waals surface area (Å²) in [5.41, 5.74) is 11.0. The molecule has 0 amide bonds. The van der Waals surface area contributed by atoms with Crippen molar-refractivity contribution in [2.45, 2.75) is 6.18 Å². The first-order valence-corrected chi connectivity index (χ1v) is 6.51. The molecular weight excluding hydrogens is 309 g/mol. The maximum absolute atomic E-state index is 12.9. The summed E-state index contributed by atoms with van der Waals surface area (Å²) >= 11 is 0. The topological polar surface area (TPSA) is 91.0 Å². The average Bonchev–Trinajstić information content (AvgIpc) is 2.97. The number of nitrogens with zero attached hydrogens (tertiary/aromatic N) is 2. The molecule has 0 unspecified atom stereocenters. The first-order valence-electron chi connectivity index (χ1n) is 6.51. The van der Waals surface area contributed by atoms with E-state index in [1.54, 1.807) is 24.3 Å². The van der Waals surface area contributed by atoms with Gasteiger partial charge in [0.2, 0.25) is 11.8 Å². The number of aromatic nitrogens is 2. The molecule has 1 heterocycles. The zero-order valence-corrected chi connectivity index (χ0v) is 11.6. The summed E-state index contributed by atoms with van der Waals surface area (Å²) in [5, 5.41) is 7.62. The number of rotatable bonds is 2. The molecule has 0 spiro atoms. The van der Waals surface area contributed by atoms with Crippen LogP contribution in [0.25, 0.3) is 22.9 Å². The van der Waals surface area contributed by atoms with E-state index in [4.69, 9.17) is 15.9 Å². The second-order valence-electron chi connectivity index (χ2n) is 4.83. The molecule has 0 saturated carbocycles. The smallest absolute Gasteiger partial charge is 0.416 e. The Hall–Kier alpha value is -3.03. The Morgan fingerprint density at radius 2 is 1.39 bits per heavy atom. The Morgan fingerprint density at radius 1 is 0.826 bits per heavy atom. The number of alkyl halides is 3. The van der Waals surface area contributed by atoms with E-state index in [9.17, 15) is 13.2 Å². The molecule has 0 aliphatic heterocycles. The van der Waals surface area contributed by atoms with E-state index < -0.39 is 11.7 Å². The SMILES string of the molecule is Nc1ccc(-c2nnc(-c3ccc(N)c(C(F)(F)F)c3)o2)cc1. The van der Waals surface area contributed by atoms with Gasteiger partial charge in [-0.1, -0.05) is 0 Å². The summed E-state index contributed by atoms with van der Waals surface area (Å²) in [6, 6.07) is 10.1. The standard InChI is InChI=1S/C15H11F3N4O/c16-15(17,18)11-7-9(3-6-12(11)20)14-22-21-13(23-14)8-1-4-10(19)5-2-8/h1-7H,19-20H2. The normalized spacial score (nSPS) is 11.6. The van der Waals surface area contributed by atoms with Gasteiger partial charge in [-0.2, -0.15) is 13.2 Å². The van der Waals surface area contributed by atoms with Crippen LogP contribution in [0.15, 0.2) is 46.9 Å². The number of hydrogen-bond donors (Lipinski definition) is 2. The lowest BCUT2D eigenvalue weighted by molar-refractivity contribution is -0.136. The molecule has 0 bridgehead atoms. The van der Waals surface area contributed by atoms with E-state index in [0.29, 0.717) is 11.3 Å². The maximum atomic E-state index is 12.9. The van der Waals surface area contributed by atoms with Crippen molar-refractivity contribution >= 4 is 11.4 Å². The van der Waals surface area contributed by atoms with Gasteiger partial charge in [-0.05, 0) is 42.5 Å². The van der Waals surface area contributed by atoms with Gasteiger partial charge in [-0.3, -0.25) is 0 Å². The van der Waals surface area contributed by atoms with Crippen LogP contribution in [0.1, 0.15) is 5.56 Å². The van der Waals surface area contributed by atoms with Crippen molar-refractivity contribution in [3.8, 4) is 22.9 Å². The van der Waals surface area contributed by atoms with Crippen LogP contribution >= 0.6 is 0 Å². The number of nitrogens with two attached hydrogens (primary N) is 2. The Kier molecular flexibility index (Phi) is 3.44. The summed E-state index contributed by atoms with van der Waals surface area (Å²) in [7, 11) is 0. The quantitative estimate of drug-likeness (QED) is 0.704. The van der Waals surface area contributed by atoms with Crippen LogP contribution in [-0.2, 0) is 6.18 Å². The Bertz CT molecular complexity index is 841. The Labute approximate surface area is 128 Å². The largest absolute Gasteiger partial charge is 0.418 e. The molecule has 0 aliphatic rings. The molecule has 0 radical (unpaired) electrons. The number of benzene rings is 2. The minimum absolute atomic E-state index is 0.0256. The number of hydrogen-bond acceptors (Lipinski definition) is 5. The van der Waals surface area contributed by atoms with Crippen molar-refractivity contribution in [2.75, 3.05) is 11.5 Å².